The van der Waals surface area contributed by atoms with Crippen molar-refractivity contribution >= 4 is 34.6 Å². The highest BCUT2D eigenvalue weighted by Gasteiger charge is 2.24. The van der Waals surface area contributed by atoms with Crippen LogP contribution in [0, 0.1) is 27.7 Å². The van der Waals surface area contributed by atoms with Gasteiger partial charge in [-0.1, -0.05) is 6.07 Å². The Morgan fingerprint density at radius 1 is 1.03 bits per heavy atom. The van der Waals surface area contributed by atoms with Crippen molar-refractivity contribution in [3.8, 4) is 11.4 Å². The Morgan fingerprint density at radius 2 is 1.78 bits per heavy atom. The number of ether oxygens (including phenoxy) is 1. The Kier molecular flexibility index (Phi) is 6.24. The third-order valence-corrected chi connectivity index (χ3v) is 6.44. The number of aromatic nitrogens is 1. The number of carbonyl (C=O) groups excluding carboxylic acids is 1. The number of hydrogen-bond acceptors (Lipinski definition) is 4. The van der Waals surface area contributed by atoms with Gasteiger partial charge in [-0.2, -0.15) is 0 Å². The predicted octanol–water partition coefficient (Wildman–Crippen LogP) is 6.00. The molecule has 4 rings (SSSR count). The number of amides is 1. The maximum Gasteiger partial charge on any atom is 0.264 e. The molecule has 0 spiro atoms. The van der Waals surface area contributed by atoms with Crippen LogP contribution in [0.3, 0.4) is 0 Å². The van der Waals surface area contributed by atoms with Gasteiger partial charge in [0.2, 0.25) is 0 Å². The molecule has 32 heavy (non-hydrogen) atoms. The zero-order chi connectivity index (χ0) is 22.8. The van der Waals surface area contributed by atoms with E-state index in [4.69, 9.17) is 4.74 Å². The first-order valence-electron chi connectivity index (χ1n) is 10.6. The largest absolute Gasteiger partial charge is 0.494 e. The molecule has 2 aromatic carbocycles. The first-order valence-corrected chi connectivity index (χ1v) is 11.5. The van der Waals surface area contributed by atoms with Crippen LogP contribution in [-0.4, -0.2) is 22.2 Å². The number of hydrogen-bond donors (Lipinski definition) is 1. The molecule has 0 saturated carbocycles. The smallest absolute Gasteiger partial charge is 0.264 e. The van der Waals surface area contributed by atoms with Gasteiger partial charge in [-0.25, -0.2) is 4.99 Å². The highest BCUT2D eigenvalue weighted by molar-refractivity contribution is 8.18. The van der Waals surface area contributed by atoms with Crippen LogP contribution in [-0.2, 0) is 4.79 Å². The molecule has 1 amide bonds. The van der Waals surface area contributed by atoms with Gasteiger partial charge in [0.1, 0.15) is 5.75 Å². The summed E-state index contributed by atoms with van der Waals surface area (Å²) in [5.74, 6) is 0.676. The van der Waals surface area contributed by atoms with Crippen molar-refractivity contribution in [2.75, 3.05) is 6.61 Å². The molecule has 5 nitrogen and oxygen atoms in total. The van der Waals surface area contributed by atoms with Crippen LogP contribution < -0.4 is 10.1 Å². The second-order valence-corrected chi connectivity index (χ2v) is 8.87. The average molecular weight is 446 g/mol. The maximum atomic E-state index is 12.6. The molecule has 1 aliphatic heterocycles. The van der Waals surface area contributed by atoms with E-state index in [0.717, 1.165) is 34.1 Å². The van der Waals surface area contributed by atoms with Crippen LogP contribution in [0.2, 0.25) is 0 Å². The van der Waals surface area contributed by atoms with Crippen LogP contribution >= 0.6 is 11.8 Å². The lowest BCUT2D eigenvalue weighted by molar-refractivity contribution is -0.115. The van der Waals surface area contributed by atoms with E-state index < -0.39 is 0 Å². The third-order valence-electron chi connectivity index (χ3n) is 5.53. The van der Waals surface area contributed by atoms with Crippen molar-refractivity contribution in [1.82, 2.24) is 9.88 Å². The fourth-order valence-electron chi connectivity index (χ4n) is 3.72. The number of aliphatic imine (C=N–C) groups is 1. The average Bonchev–Trinajstić information content (AvgIpc) is 3.24. The molecule has 3 aromatic rings. The molecular weight excluding hydrogens is 418 g/mol. The van der Waals surface area contributed by atoms with Crippen molar-refractivity contribution in [2.24, 2.45) is 4.99 Å². The van der Waals surface area contributed by atoms with E-state index in [9.17, 15) is 4.79 Å². The second kappa shape index (κ2) is 9.09. The minimum atomic E-state index is -0.129. The highest BCUT2D eigenvalue weighted by Crippen LogP contribution is 2.31. The molecule has 1 N–H and O–H groups in total. The Balaban J connectivity index is 1.59. The van der Waals surface area contributed by atoms with Gasteiger partial charge >= 0.3 is 0 Å². The van der Waals surface area contributed by atoms with Crippen molar-refractivity contribution in [1.29, 1.82) is 0 Å². The monoisotopic (exact) mass is 445 g/mol. The lowest BCUT2D eigenvalue weighted by atomic mass is 10.1. The van der Waals surface area contributed by atoms with Crippen LogP contribution in [0.5, 0.6) is 5.75 Å². The lowest BCUT2D eigenvalue weighted by Gasteiger charge is -2.11. The number of nitrogens with one attached hydrogen (secondary N) is 1. The normalized spacial score (nSPS) is 16.1. The van der Waals surface area contributed by atoms with E-state index in [1.54, 1.807) is 0 Å². The molecule has 0 radical (unpaired) electrons. The maximum absolute atomic E-state index is 12.6. The van der Waals surface area contributed by atoms with Gasteiger partial charge < -0.3 is 14.6 Å². The molecule has 1 fully saturated rings. The van der Waals surface area contributed by atoms with Gasteiger partial charge in [-0.15, -0.1) is 0 Å². The molecule has 6 heteroatoms. The van der Waals surface area contributed by atoms with Gasteiger partial charge in [0.05, 0.1) is 17.2 Å². The molecule has 2 heterocycles. The zero-order valence-electron chi connectivity index (χ0n) is 19.0. The van der Waals surface area contributed by atoms with E-state index in [1.807, 2.05) is 37.3 Å². The summed E-state index contributed by atoms with van der Waals surface area (Å²) in [4.78, 5) is 17.8. The van der Waals surface area contributed by atoms with E-state index >= 15 is 0 Å². The Bertz CT molecular complexity index is 1240. The number of nitrogens with zero attached hydrogens (tertiary/aromatic N) is 2. The molecular formula is C26H27N3O2S. The number of carbonyl (C=O) groups is 1. The van der Waals surface area contributed by atoms with Crippen molar-refractivity contribution in [3.05, 3.63) is 81.5 Å². The van der Waals surface area contributed by atoms with Crippen molar-refractivity contribution in [2.45, 2.75) is 34.6 Å². The molecule has 0 atom stereocenters. The number of aryl methyl sites for hydroxylation is 3. The minimum Gasteiger partial charge on any atom is -0.494 e. The standard InChI is InChI=1S/C26H27N3O2S/c1-6-31-23-11-8-21(9-12-23)27-26-28-25(30)24(32-26)15-20-14-18(4)29(19(20)5)22-10-7-16(2)17(3)13-22/h7-15H,6H2,1-5H3,(H,27,28,30)/b24-15-. The van der Waals surface area contributed by atoms with Crippen molar-refractivity contribution in [3.63, 3.8) is 0 Å². The fraction of sp³-hybridized carbons (Fsp3) is 0.231. The highest BCUT2D eigenvalue weighted by atomic mass is 32.2. The summed E-state index contributed by atoms with van der Waals surface area (Å²) in [7, 11) is 0. The molecule has 0 unspecified atom stereocenters. The van der Waals surface area contributed by atoms with Gasteiger partial charge in [0.25, 0.3) is 5.91 Å². The molecule has 0 aliphatic carbocycles. The summed E-state index contributed by atoms with van der Waals surface area (Å²) in [6.07, 6.45) is 1.95. The van der Waals surface area contributed by atoms with Crippen LogP contribution in [0.25, 0.3) is 11.8 Å². The number of benzene rings is 2. The van der Waals surface area contributed by atoms with E-state index in [-0.39, 0.29) is 5.91 Å². The first kappa shape index (κ1) is 22.0. The third kappa shape index (κ3) is 4.50. The Labute approximate surface area is 193 Å². The second-order valence-electron chi connectivity index (χ2n) is 7.84. The van der Waals surface area contributed by atoms with Gasteiger partial charge in [-0.05, 0) is 112 Å². The Morgan fingerprint density at radius 3 is 2.47 bits per heavy atom. The van der Waals surface area contributed by atoms with Crippen LogP contribution in [0.15, 0.2) is 58.4 Å². The minimum absolute atomic E-state index is 0.129. The SMILES string of the molecule is CCOc1ccc(N=C2NC(=O)/C(=C/c3cc(C)n(-c4ccc(C)c(C)c4)c3C)S2)cc1. The number of amidine groups is 1. The zero-order valence-corrected chi connectivity index (χ0v) is 19.8. The quantitative estimate of drug-likeness (QED) is 0.490. The number of thioether (sulfide) groups is 1. The predicted molar refractivity (Wildman–Crippen MR) is 133 cm³/mol. The van der Waals surface area contributed by atoms with E-state index in [0.29, 0.717) is 16.7 Å². The van der Waals surface area contributed by atoms with Gasteiger partial charge in [0, 0.05) is 17.1 Å². The van der Waals surface area contributed by atoms with Crippen LogP contribution in [0.1, 0.15) is 35.0 Å². The fourth-order valence-corrected chi connectivity index (χ4v) is 4.55. The number of rotatable bonds is 5. The van der Waals surface area contributed by atoms with Crippen molar-refractivity contribution < 1.29 is 9.53 Å². The summed E-state index contributed by atoms with van der Waals surface area (Å²) >= 11 is 1.36. The molecule has 1 aromatic heterocycles. The first-order chi connectivity index (χ1) is 15.4. The topological polar surface area (TPSA) is 55.6 Å². The molecule has 1 aliphatic rings. The summed E-state index contributed by atoms with van der Waals surface area (Å²) in [5, 5.41) is 3.44. The molecule has 1 saturated heterocycles. The summed E-state index contributed by atoms with van der Waals surface area (Å²) in [6, 6.07) is 16.1. The van der Waals surface area contributed by atoms with E-state index in [2.05, 4.69) is 66.8 Å². The lowest BCUT2D eigenvalue weighted by Crippen LogP contribution is -2.19. The molecule has 0 bridgehead atoms. The summed E-state index contributed by atoms with van der Waals surface area (Å²) in [6.45, 7) is 11.0. The van der Waals surface area contributed by atoms with Crippen LogP contribution in [0.4, 0.5) is 5.69 Å². The summed E-state index contributed by atoms with van der Waals surface area (Å²) < 4.78 is 7.69. The Hall–Kier alpha value is -3.25. The van der Waals surface area contributed by atoms with Gasteiger partial charge in [-0.3, -0.25) is 4.79 Å². The van der Waals surface area contributed by atoms with E-state index in [1.165, 1.54) is 22.9 Å². The molecule has 164 valence electrons. The summed E-state index contributed by atoms with van der Waals surface area (Å²) in [5.41, 5.74) is 7.70. The van der Waals surface area contributed by atoms with Gasteiger partial charge in [0.15, 0.2) is 5.17 Å².